The Morgan fingerprint density at radius 3 is 2.11 bits per heavy atom. The van der Waals surface area contributed by atoms with Crippen molar-refractivity contribution in [2.75, 3.05) is 17.1 Å². The maximum Gasteiger partial charge on any atom is 0.244 e. The number of sulfonamides is 1. The standard InChI is InChI=1S/C27H38FN3O4S/c1-8-23(26(33)29-27(4,5)6)30(17-20-13-15-21(28)16-14-20)25(32)18-31(36(7,34)35)24-12-10-9-11-22(24)19(2)3/h9-16,19,23H,8,17-18H2,1-7H3,(H,29,33)/t23-/m1/s1. The highest BCUT2D eigenvalue weighted by molar-refractivity contribution is 7.92. The van der Waals surface area contributed by atoms with Gasteiger partial charge in [-0.25, -0.2) is 12.8 Å². The normalized spacial score (nSPS) is 12.8. The van der Waals surface area contributed by atoms with Gasteiger partial charge in [-0.05, 0) is 62.4 Å². The van der Waals surface area contributed by atoms with E-state index in [-0.39, 0.29) is 18.4 Å². The lowest BCUT2D eigenvalue weighted by molar-refractivity contribution is -0.141. The van der Waals surface area contributed by atoms with E-state index in [1.165, 1.54) is 17.0 Å². The third kappa shape index (κ3) is 8.05. The molecule has 7 nitrogen and oxygen atoms in total. The summed E-state index contributed by atoms with van der Waals surface area (Å²) in [5, 5.41) is 2.92. The molecule has 1 N–H and O–H groups in total. The largest absolute Gasteiger partial charge is 0.350 e. The lowest BCUT2D eigenvalue weighted by Gasteiger charge is -2.35. The molecule has 198 valence electrons. The van der Waals surface area contributed by atoms with Crippen molar-refractivity contribution in [3.63, 3.8) is 0 Å². The molecule has 0 heterocycles. The van der Waals surface area contributed by atoms with E-state index in [1.54, 1.807) is 31.2 Å². The van der Waals surface area contributed by atoms with Crippen LogP contribution in [0.15, 0.2) is 48.5 Å². The third-order valence-corrected chi connectivity index (χ3v) is 6.78. The number of carbonyl (C=O) groups is 2. The number of halogens is 1. The van der Waals surface area contributed by atoms with E-state index in [0.29, 0.717) is 17.7 Å². The molecule has 9 heteroatoms. The molecule has 0 aliphatic rings. The second kappa shape index (κ2) is 11.9. The van der Waals surface area contributed by atoms with Crippen molar-refractivity contribution < 1.29 is 22.4 Å². The first-order valence-corrected chi connectivity index (χ1v) is 13.9. The van der Waals surface area contributed by atoms with Crippen LogP contribution in [0, 0.1) is 5.82 Å². The second-order valence-electron chi connectivity index (χ2n) is 10.3. The number of carbonyl (C=O) groups excluding carboxylic acids is 2. The fourth-order valence-electron chi connectivity index (χ4n) is 3.96. The smallest absolute Gasteiger partial charge is 0.244 e. The molecule has 2 aromatic carbocycles. The van der Waals surface area contributed by atoms with Crippen molar-refractivity contribution in [1.82, 2.24) is 10.2 Å². The summed E-state index contributed by atoms with van der Waals surface area (Å²) < 4.78 is 40.3. The van der Waals surface area contributed by atoms with Gasteiger partial charge in [0.15, 0.2) is 0 Å². The Bertz CT molecular complexity index is 1160. The van der Waals surface area contributed by atoms with Crippen LogP contribution in [-0.4, -0.2) is 49.5 Å². The molecular weight excluding hydrogens is 481 g/mol. The number of hydrogen-bond acceptors (Lipinski definition) is 4. The van der Waals surface area contributed by atoms with Crippen molar-refractivity contribution in [3.8, 4) is 0 Å². The molecule has 0 spiro atoms. The number of nitrogens with one attached hydrogen (secondary N) is 1. The van der Waals surface area contributed by atoms with Crippen molar-refractivity contribution in [2.24, 2.45) is 0 Å². The van der Waals surface area contributed by atoms with E-state index in [9.17, 15) is 22.4 Å². The minimum absolute atomic E-state index is 0.0248. The number of anilines is 1. The fraction of sp³-hybridized carbons (Fsp3) is 0.481. The van der Waals surface area contributed by atoms with Gasteiger partial charge in [0.2, 0.25) is 21.8 Å². The highest BCUT2D eigenvalue weighted by Gasteiger charge is 2.33. The molecule has 0 aromatic heterocycles. The molecule has 0 aliphatic heterocycles. The maximum atomic E-state index is 13.8. The molecule has 0 radical (unpaired) electrons. The first-order valence-electron chi connectivity index (χ1n) is 12.1. The minimum Gasteiger partial charge on any atom is -0.350 e. The molecule has 0 saturated heterocycles. The number of amides is 2. The molecule has 2 aromatic rings. The van der Waals surface area contributed by atoms with Gasteiger partial charge >= 0.3 is 0 Å². The summed E-state index contributed by atoms with van der Waals surface area (Å²) in [6, 6.07) is 11.9. The van der Waals surface area contributed by atoms with E-state index in [1.807, 2.05) is 46.8 Å². The molecule has 0 saturated carbocycles. The summed E-state index contributed by atoms with van der Waals surface area (Å²) in [7, 11) is -3.83. The third-order valence-electron chi connectivity index (χ3n) is 5.66. The Hall–Kier alpha value is -2.94. The van der Waals surface area contributed by atoms with Crippen LogP contribution in [0.2, 0.25) is 0 Å². The van der Waals surface area contributed by atoms with Crippen molar-refractivity contribution in [3.05, 3.63) is 65.5 Å². The van der Waals surface area contributed by atoms with Gasteiger partial charge in [0.25, 0.3) is 0 Å². The zero-order chi connectivity index (χ0) is 27.3. The Labute approximate surface area is 214 Å². The number of hydrogen-bond donors (Lipinski definition) is 1. The Kier molecular flexibility index (Phi) is 9.65. The van der Waals surface area contributed by atoms with Crippen molar-refractivity contribution in [1.29, 1.82) is 0 Å². The van der Waals surface area contributed by atoms with Crippen LogP contribution in [0.3, 0.4) is 0 Å². The first-order chi connectivity index (χ1) is 16.6. The van der Waals surface area contributed by atoms with Crippen LogP contribution >= 0.6 is 0 Å². The fourth-order valence-corrected chi connectivity index (χ4v) is 4.83. The van der Waals surface area contributed by atoms with E-state index in [0.717, 1.165) is 16.1 Å². The van der Waals surface area contributed by atoms with E-state index < -0.39 is 39.9 Å². The molecule has 1 atom stereocenters. The Morgan fingerprint density at radius 1 is 1.03 bits per heavy atom. The zero-order valence-corrected chi connectivity index (χ0v) is 23.0. The summed E-state index contributed by atoms with van der Waals surface area (Å²) in [6.07, 6.45) is 1.38. The van der Waals surface area contributed by atoms with Gasteiger partial charge in [0, 0.05) is 12.1 Å². The average molecular weight is 520 g/mol. The van der Waals surface area contributed by atoms with Crippen LogP contribution in [0.1, 0.15) is 65.0 Å². The Morgan fingerprint density at radius 2 is 1.61 bits per heavy atom. The van der Waals surface area contributed by atoms with Gasteiger partial charge in [-0.15, -0.1) is 0 Å². The van der Waals surface area contributed by atoms with Crippen molar-refractivity contribution in [2.45, 2.75) is 72.0 Å². The summed E-state index contributed by atoms with van der Waals surface area (Å²) >= 11 is 0. The van der Waals surface area contributed by atoms with Crippen LogP contribution < -0.4 is 9.62 Å². The van der Waals surface area contributed by atoms with Crippen LogP contribution in [0.5, 0.6) is 0 Å². The summed E-state index contributed by atoms with van der Waals surface area (Å²) in [5.41, 5.74) is 1.32. The molecule has 0 aliphatic carbocycles. The molecular formula is C27H38FN3O4S. The topological polar surface area (TPSA) is 86.8 Å². The van der Waals surface area contributed by atoms with E-state index >= 15 is 0 Å². The Balaban J connectivity index is 2.51. The summed E-state index contributed by atoms with van der Waals surface area (Å²) in [4.78, 5) is 28.3. The van der Waals surface area contributed by atoms with E-state index in [2.05, 4.69) is 5.32 Å². The van der Waals surface area contributed by atoms with Gasteiger partial charge in [-0.1, -0.05) is 51.1 Å². The monoisotopic (exact) mass is 519 g/mol. The quantitative estimate of drug-likeness (QED) is 0.503. The van der Waals surface area contributed by atoms with E-state index in [4.69, 9.17) is 0 Å². The number of rotatable bonds is 10. The highest BCUT2D eigenvalue weighted by Crippen LogP contribution is 2.29. The van der Waals surface area contributed by atoms with Crippen LogP contribution in [0.25, 0.3) is 0 Å². The SMILES string of the molecule is CC[C@H](C(=O)NC(C)(C)C)N(Cc1ccc(F)cc1)C(=O)CN(c1ccccc1C(C)C)S(C)(=O)=O. The molecule has 0 bridgehead atoms. The van der Waals surface area contributed by atoms with Gasteiger partial charge in [0.05, 0.1) is 11.9 Å². The number of nitrogens with zero attached hydrogens (tertiary/aromatic N) is 2. The summed E-state index contributed by atoms with van der Waals surface area (Å²) in [5.74, 6) is -1.26. The van der Waals surface area contributed by atoms with Crippen LogP contribution in [-0.2, 0) is 26.2 Å². The minimum atomic E-state index is -3.83. The molecule has 0 unspecified atom stereocenters. The van der Waals surface area contributed by atoms with Crippen molar-refractivity contribution >= 4 is 27.5 Å². The van der Waals surface area contributed by atoms with Gasteiger partial charge in [-0.2, -0.15) is 0 Å². The molecule has 2 rings (SSSR count). The highest BCUT2D eigenvalue weighted by atomic mass is 32.2. The zero-order valence-electron chi connectivity index (χ0n) is 22.2. The maximum absolute atomic E-state index is 13.8. The van der Waals surface area contributed by atoms with Crippen LogP contribution in [0.4, 0.5) is 10.1 Å². The number of para-hydroxylation sites is 1. The van der Waals surface area contributed by atoms with Gasteiger partial charge in [-0.3, -0.25) is 13.9 Å². The first kappa shape index (κ1) is 29.3. The average Bonchev–Trinajstić information content (AvgIpc) is 2.76. The molecule has 36 heavy (non-hydrogen) atoms. The molecule has 0 fully saturated rings. The predicted octanol–water partition coefficient (Wildman–Crippen LogP) is 4.44. The van der Waals surface area contributed by atoms with Gasteiger partial charge < -0.3 is 10.2 Å². The number of benzene rings is 2. The molecule has 2 amide bonds. The van der Waals surface area contributed by atoms with Gasteiger partial charge in [0.1, 0.15) is 18.4 Å². The summed E-state index contributed by atoms with van der Waals surface area (Å²) in [6.45, 7) is 10.8. The predicted molar refractivity (Wildman–Crippen MR) is 142 cm³/mol. The lowest BCUT2D eigenvalue weighted by atomic mass is 10.0. The second-order valence-corrected chi connectivity index (χ2v) is 12.2. The lowest BCUT2D eigenvalue weighted by Crippen LogP contribution is -2.55.